The zero-order valence-electron chi connectivity index (χ0n) is 13.5. The maximum Gasteiger partial charge on any atom is 0.239 e. The van der Waals surface area contributed by atoms with Gasteiger partial charge in [-0.2, -0.15) is 0 Å². The average molecular weight is 409 g/mol. The van der Waals surface area contributed by atoms with Crippen LogP contribution in [0, 0.1) is 0 Å². The Morgan fingerprint density at radius 1 is 1.38 bits per heavy atom. The number of nitrogens with zero attached hydrogens (tertiary/aromatic N) is 3. The fraction of sp³-hybridized carbons (Fsp3) is 0.312. The molecule has 2 atom stereocenters. The van der Waals surface area contributed by atoms with Crippen molar-refractivity contribution in [1.29, 1.82) is 0 Å². The third-order valence-corrected chi connectivity index (χ3v) is 5.96. The van der Waals surface area contributed by atoms with Crippen molar-refractivity contribution >= 4 is 39.1 Å². The van der Waals surface area contributed by atoms with Gasteiger partial charge in [-0.05, 0) is 40.5 Å². The van der Waals surface area contributed by atoms with Gasteiger partial charge in [0.15, 0.2) is 9.88 Å². The maximum atomic E-state index is 13.0. The molecule has 6 nitrogen and oxygen atoms in total. The quantitative estimate of drug-likeness (QED) is 0.846. The van der Waals surface area contributed by atoms with E-state index in [2.05, 4.69) is 25.9 Å². The summed E-state index contributed by atoms with van der Waals surface area (Å²) in [6.45, 7) is 1.92. The fourth-order valence-corrected chi connectivity index (χ4v) is 4.26. The number of likely N-dealkylation sites (N-methyl/N-ethyl adjacent to an activating group) is 1. The molecule has 2 heterocycles. The molecule has 0 radical (unpaired) electrons. The molecule has 8 heteroatoms. The first kappa shape index (κ1) is 16.9. The van der Waals surface area contributed by atoms with E-state index in [9.17, 15) is 4.79 Å². The van der Waals surface area contributed by atoms with Crippen LogP contribution in [0.1, 0.15) is 23.3 Å². The molecule has 2 aromatic rings. The highest BCUT2D eigenvalue weighted by Gasteiger charge is 2.48. The molecule has 24 heavy (non-hydrogen) atoms. The molecule has 0 unspecified atom stereocenters. The molecular formula is C16H17BrN4O2S. The number of methoxy groups -OCH3 is 1. The molecule has 0 aliphatic carbocycles. The van der Waals surface area contributed by atoms with Crippen molar-refractivity contribution in [3.63, 3.8) is 0 Å². The number of benzene rings is 1. The number of thiazole rings is 1. The zero-order valence-corrected chi connectivity index (χ0v) is 15.9. The summed E-state index contributed by atoms with van der Waals surface area (Å²) in [5.74, 6) is 0.352. The third-order valence-electron chi connectivity index (χ3n) is 4.26. The largest absolute Gasteiger partial charge is 0.497 e. The Bertz CT molecular complexity index is 805. The summed E-state index contributed by atoms with van der Waals surface area (Å²) in [6, 6.07) is 7.46. The molecule has 1 aromatic heterocycles. The van der Waals surface area contributed by atoms with E-state index < -0.39 is 11.5 Å². The Kier molecular flexibility index (Phi) is 4.35. The van der Waals surface area contributed by atoms with Gasteiger partial charge in [0.05, 0.1) is 17.9 Å². The predicted molar refractivity (Wildman–Crippen MR) is 97.3 cm³/mol. The number of hydrogen-bond donors (Lipinski definition) is 1. The Hall–Kier alpha value is -1.93. The molecule has 0 saturated heterocycles. The SMILES string of the molecule is COc1ccc([C@H]2C(=O)N(C)C(N)=N[C@]2(C)c2cnc(Br)s2)cc1. The number of amides is 1. The first-order chi connectivity index (χ1) is 11.4. The van der Waals surface area contributed by atoms with Gasteiger partial charge in [-0.3, -0.25) is 9.69 Å². The van der Waals surface area contributed by atoms with E-state index >= 15 is 0 Å². The molecule has 126 valence electrons. The lowest BCUT2D eigenvalue weighted by Gasteiger charge is -2.39. The van der Waals surface area contributed by atoms with Gasteiger partial charge in [0, 0.05) is 13.2 Å². The zero-order chi connectivity index (χ0) is 17.5. The highest BCUT2D eigenvalue weighted by atomic mass is 79.9. The minimum atomic E-state index is -0.814. The minimum absolute atomic E-state index is 0.0975. The van der Waals surface area contributed by atoms with Crippen LogP contribution in [0.15, 0.2) is 39.4 Å². The van der Waals surface area contributed by atoms with Crippen LogP contribution in [0.2, 0.25) is 0 Å². The summed E-state index contributed by atoms with van der Waals surface area (Å²) in [5, 5.41) is 0. The van der Waals surface area contributed by atoms with Crippen LogP contribution >= 0.6 is 27.3 Å². The second kappa shape index (κ2) is 6.18. The van der Waals surface area contributed by atoms with Crippen LogP contribution in [0.5, 0.6) is 5.75 Å². The molecular weight excluding hydrogens is 392 g/mol. The van der Waals surface area contributed by atoms with E-state index in [-0.39, 0.29) is 11.9 Å². The fourth-order valence-electron chi connectivity index (χ4n) is 2.87. The van der Waals surface area contributed by atoms with Gasteiger partial charge >= 0.3 is 0 Å². The Morgan fingerprint density at radius 3 is 2.58 bits per heavy atom. The van der Waals surface area contributed by atoms with Gasteiger partial charge in [0.2, 0.25) is 5.91 Å². The first-order valence-corrected chi connectivity index (χ1v) is 8.86. The van der Waals surface area contributed by atoms with E-state index in [4.69, 9.17) is 10.5 Å². The second-order valence-corrected chi connectivity index (χ2v) is 8.01. The predicted octanol–water partition coefficient (Wildman–Crippen LogP) is 2.70. The first-order valence-electron chi connectivity index (χ1n) is 7.25. The van der Waals surface area contributed by atoms with Gasteiger partial charge in [0.25, 0.3) is 0 Å². The Labute approximate surface area is 152 Å². The van der Waals surface area contributed by atoms with Crippen molar-refractivity contribution in [1.82, 2.24) is 9.88 Å². The molecule has 1 aliphatic rings. The molecule has 0 bridgehead atoms. The molecule has 2 N–H and O–H groups in total. The molecule has 0 fully saturated rings. The summed E-state index contributed by atoms with van der Waals surface area (Å²) in [4.78, 5) is 24.2. The van der Waals surface area contributed by atoms with Crippen LogP contribution in [0.25, 0.3) is 0 Å². The molecule has 1 aliphatic heterocycles. The average Bonchev–Trinajstić information content (AvgIpc) is 3.01. The van der Waals surface area contributed by atoms with Crippen molar-refractivity contribution in [3.05, 3.63) is 44.8 Å². The number of ether oxygens (including phenoxy) is 1. The van der Waals surface area contributed by atoms with Crippen LogP contribution in [0.4, 0.5) is 0 Å². The molecule has 0 saturated carbocycles. The Balaban J connectivity index is 2.16. The molecule has 1 amide bonds. The third kappa shape index (κ3) is 2.69. The van der Waals surface area contributed by atoms with Gasteiger partial charge in [0.1, 0.15) is 11.3 Å². The standard InChI is InChI=1S/C16H17BrN4O2S/c1-16(11-8-19-14(17)24-11)12(13(22)21(2)15(18)20-16)9-4-6-10(23-3)7-5-9/h4-8,12H,1-3H3,(H2,18,20)/t12-,16+/m0/s1. The lowest BCUT2D eigenvalue weighted by molar-refractivity contribution is -0.130. The van der Waals surface area contributed by atoms with Crippen LogP contribution in [-0.2, 0) is 10.3 Å². The summed E-state index contributed by atoms with van der Waals surface area (Å²) >= 11 is 4.83. The number of guanidine groups is 1. The van der Waals surface area contributed by atoms with E-state index in [0.29, 0.717) is 0 Å². The van der Waals surface area contributed by atoms with Gasteiger partial charge in [-0.1, -0.05) is 12.1 Å². The Morgan fingerprint density at radius 2 is 2.04 bits per heavy atom. The monoisotopic (exact) mass is 408 g/mol. The number of rotatable bonds is 3. The number of carbonyl (C=O) groups is 1. The number of hydrogen-bond acceptors (Lipinski definition) is 6. The number of carbonyl (C=O) groups excluding carboxylic acids is 1. The van der Waals surface area contributed by atoms with Crippen molar-refractivity contribution in [3.8, 4) is 5.75 Å². The van der Waals surface area contributed by atoms with E-state index in [1.54, 1.807) is 20.4 Å². The van der Waals surface area contributed by atoms with Crippen molar-refractivity contribution in [2.75, 3.05) is 14.2 Å². The van der Waals surface area contributed by atoms with Crippen LogP contribution in [0.3, 0.4) is 0 Å². The maximum absolute atomic E-state index is 13.0. The van der Waals surface area contributed by atoms with Crippen molar-refractivity contribution in [2.45, 2.75) is 18.4 Å². The molecule has 3 rings (SSSR count). The number of aromatic nitrogens is 1. The summed E-state index contributed by atoms with van der Waals surface area (Å²) in [6.07, 6.45) is 1.74. The number of aliphatic imine (C=N–C) groups is 1. The smallest absolute Gasteiger partial charge is 0.239 e. The second-order valence-electron chi connectivity index (χ2n) is 5.70. The topological polar surface area (TPSA) is 80.8 Å². The van der Waals surface area contributed by atoms with E-state index in [1.807, 2.05) is 31.2 Å². The summed E-state index contributed by atoms with van der Waals surface area (Å²) in [5.41, 5.74) is 6.03. The van der Waals surface area contributed by atoms with Crippen LogP contribution in [-0.4, -0.2) is 35.9 Å². The highest BCUT2D eigenvalue weighted by Crippen LogP contribution is 2.46. The molecule has 0 spiro atoms. The highest BCUT2D eigenvalue weighted by molar-refractivity contribution is 9.11. The number of nitrogens with two attached hydrogens (primary N) is 1. The van der Waals surface area contributed by atoms with Gasteiger partial charge in [-0.25, -0.2) is 9.98 Å². The molecule has 1 aromatic carbocycles. The van der Waals surface area contributed by atoms with Gasteiger partial charge in [-0.15, -0.1) is 11.3 Å². The summed E-state index contributed by atoms with van der Waals surface area (Å²) < 4.78 is 5.95. The van der Waals surface area contributed by atoms with E-state index in [0.717, 1.165) is 20.1 Å². The lowest BCUT2D eigenvalue weighted by atomic mass is 9.78. The van der Waals surface area contributed by atoms with Crippen molar-refractivity contribution in [2.24, 2.45) is 10.7 Å². The minimum Gasteiger partial charge on any atom is -0.497 e. The lowest BCUT2D eigenvalue weighted by Crippen LogP contribution is -2.52. The van der Waals surface area contributed by atoms with Gasteiger partial charge < -0.3 is 10.5 Å². The normalized spacial score (nSPS) is 24.0. The van der Waals surface area contributed by atoms with Crippen LogP contribution < -0.4 is 10.5 Å². The van der Waals surface area contributed by atoms with E-state index in [1.165, 1.54) is 16.2 Å². The number of halogens is 1. The van der Waals surface area contributed by atoms with Crippen molar-refractivity contribution < 1.29 is 9.53 Å². The summed E-state index contributed by atoms with van der Waals surface area (Å²) in [7, 11) is 3.25.